The van der Waals surface area contributed by atoms with Gasteiger partial charge in [0.05, 0.1) is 18.0 Å². The van der Waals surface area contributed by atoms with E-state index in [9.17, 15) is 14.4 Å². The Bertz CT molecular complexity index is 777. The second-order valence-electron chi connectivity index (χ2n) is 5.95. The summed E-state index contributed by atoms with van der Waals surface area (Å²) in [5.41, 5.74) is 6.30. The molecule has 0 radical (unpaired) electrons. The van der Waals surface area contributed by atoms with E-state index < -0.39 is 5.91 Å². The highest BCUT2D eigenvalue weighted by atomic mass is 19.1. The van der Waals surface area contributed by atoms with Gasteiger partial charge in [0.15, 0.2) is 5.82 Å². The topological polar surface area (TPSA) is 96.7 Å². The van der Waals surface area contributed by atoms with Crippen LogP contribution >= 0.6 is 0 Å². The molecule has 2 atom stereocenters. The number of nitriles is 1. The number of aromatic nitrogens is 2. The summed E-state index contributed by atoms with van der Waals surface area (Å²) in [4.78, 5) is 11.7. The monoisotopic (exact) mass is 327 g/mol. The lowest BCUT2D eigenvalue weighted by molar-refractivity contribution is 0.100. The molecular weight excluding hydrogens is 309 g/mol. The number of primary amides is 1. The van der Waals surface area contributed by atoms with E-state index in [0.29, 0.717) is 11.5 Å². The van der Waals surface area contributed by atoms with Crippen molar-refractivity contribution in [2.45, 2.75) is 31.7 Å². The van der Waals surface area contributed by atoms with Gasteiger partial charge in [-0.3, -0.25) is 9.48 Å². The number of halogens is 1. The van der Waals surface area contributed by atoms with E-state index in [1.165, 1.54) is 12.1 Å². The summed E-state index contributed by atoms with van der Waals surface area (Å²) in [6.45, 7) is 0. The van der Waals surface area contributed by atoms with E-state index in [0.717, 1.165) is 25.7 Å². The van der Waals surface area contributed by atoms with E-state index >= 15 is 0 Å². The Balaban J connectivity index is 1.91. The molecule has 124 valence electrons. The smallest absolute Gasteiger partial charge is 0.254 e. The molecule has 1 amide bonds. The van der Waals surface area contributed by atoms with Gasteiger partial charge < -0.3 is 11.1 Å². The molecule has 1 aliphatic rings. The zero-order valence-corrected chi connectivity index (χ0v) is 13.1. The number of amides is 1. The molecule has 1 aromatic carbocycles. The molecule has 1 aliphatic carbocycles. The van der Waals surface area contributed by atoms with Crippen molar-refractivity contribution in [2.75, 3.05) is 5.32 Å². The molecular formula is C17H18FN5O. The van der Waals surface area contributed by atoms with Crippen molar-refractivity contribution in [3.05, 3.63) is 41.8 Å². The Kier molecular flexibility index (Phi) is 4.47. The number of benzene rings is 1. The first-order valence-corrected chi connectivity index (χ1v) is 7.89. The minimum Gasteiger partial charge on any atom is -0.365 e. The number of nitrogens with two attached hydrogens (primary N) is 1. The predicted molar refractivity (Wildman–Crippen MR) is 87.0 cm³/mol. The van der Waals surface area contributed by atoms with Gasteiger partial charge in [-0.2, -0.15) is 10.4 Å². The van der Waals surface area contributed by atoms with E-state index in [4.69, 9.17) is 5.73 Å². The molecule has 3 N–H and O–H groups in total. The summed E-state index contributed by atoms with van der Waals surface area (Å²) in [6.07, 6.45) is 5.31. The fourth-order valence-electron chi connectivity index (χ4n) is 3.08. The minimum absolute atomic E-state index is 0.0642. The van der Waals surface area contributed by atoms with Gasteiger partial charge in [0.2, 0.25) is 0 Å². The first kappa shape index (κ1) is 16.0. The second kappa shape index (κ2) is 6.71. The standard InChI is InChI=1S/C17H18FN5O/c18-12-5-7-13(8-6-12)21-17-14(16(20)24)10-23(22-17)15-4-2-1-3-11(15)9-19/h5-8,10-11,15H,1-4H2,(H2,20,24)(H,21,22)/t11?,15-/m0/s1. The fourth-order valence-corrected chi connectivity index (χ4v) is 3.08. The van der Waals surface area contributed by atoms with Crippen molar-refractivity contribution in [3.63, 3.8) is 0 Å². The third-order valence-electron chi connectivity index (χ3n) is 4.34. The van der Waals surface area contributed by atoms with Crippen LogP contribution in [-0.4, -0.2) is 15.7 Å². The van der Waals surface area contributed by atoms with Crippen molar-refractivity contribution in [1.82, 2.24) is 9.78 Å². The van der Waals surface area contributed by atoms with Crippen LogP contribution in [0.15, 0.2) is 30.5 Å². The van der Waals surface area contributed by atoms with Crippen molar-refractivity contribution in [2.24, 2.45) is 11.7 Å². The highest BCUT2D eigenvalue weighted by Gasteiger charge is 2.28. The molecule has 1 heterocycles. The molecule has 0 aliphatic heterocycles. The lowest BCUT2D eigenvalue weighted by Crippen LogP contribution is -2.22. The number of nitrogens with one attached hydrogen (secondary N) is 1. The van der Waals surface area contributed by atoms with Gasteiger partial charge in [-0.25, -0.2) is 4.39 Å². The number of carbonyl (C=O) groups excluding carboxylic acids is 1. The van der Waals surface area contributed by atoms with E-state index in [-0.39, 0.29) is 23.3 Å². The predicted octanol–water partition coefficient (Wildman–Crippen LogP) is 3.12. The first-order valence-electron chi connectivity index (χ1n) is 7.89. The Morgan fingerprint density at radius 1 is 1.33 bits per heavy atom. The van der Waals surface area contributed by atoms with Crippen LogP contribution in [0.3, 0.4) is 0 Å². The largest absolute Gasteiger partial charge is 0.365 e. The molecule has 0 saturated heterocycles. The van der Waals surface area contributed by atoms with Crippen LogP contribution < -0.4 is 11.1 Å². The van der Waals surface area contributed by atoms with Gasteiger partial charge in [0, 0.05) is 11.9 Å². The van der Waals surface area contributed by atoms with Gasteiger partial charge >= 0.3 is 0 Å². The average molecular weight is 327 g/mol. The molecule has 0 spiro atoms. The second-order valence-corrected chi connectivity index (χ2v) is 5.95. The Labute approximate surface area is 139 Å². The summed E-state index contributed by atoms with van der Waals surface area (Å²) >= 11 is 0. The molecule has 1 unspecified atom stereocenters. The number of nitrogens with zero attached hydrogens (tertiary/aromatic N) is 3. The summed E-state index contributed by atoms with van der Waals surface area (Å²) < 4.78 is 14.7. The van der Waals surface area contributed by atoms with Crippen LogP contribution in [0.4, 0.5) is 15.9 Å². The van der Waals surface area contributed by atoms with Gasteiger partial charge in [0.25, 0.3) is 5.91 Å². The Hall–Kier alpha value is -2.88. The first-order chi connectivity index (χ1) is 11.6. The lowest BCUT2D eigenvalue weighted by atomic mass is 9.85. The number of carbonyl (C=O) groups is 1. The minimum atomic E-state index is -0.602. The maximum Gasteiger partial charge on any atom is 0.254 e. The van der Waals surface area contributed by atoms with Crippen molar-refractivity contribution in [1.29, 1.82) is 5.26 Å². The quantitative estimate of drug-likeness (QED) is 0.901. The molecule has 6 nitrogen and oxygen atoms in total. The molecule has 3 rings (SSSR count). The van der Waals surface area contributed by atoms with E-state index in [1.54, 1.807) is 23.0 Å². The summed E-state index contributed by atoms with van der Waals surface area (Å²) in [5.74, 6) is -0.759. The average Bonchev–Trinajstić information content (AvgIpc) is 3.01. The molecule has 0 bridgehead atoms. The number of hydrogen-bond acceptors (Lipinski definition) is 4. The fraction of sp³-hybridized carbons (Fsp3) is 0.353. The van der Waals surface area contributed by atoms with Crippen LogP contribution in [0.5, 0.6) is 0 Å². The van der Waals surface area contributed by atoms with Crippen molar-refractivity contribution < 1.29 is 9.18 Å². The molecule has 1 aromatic heterocycles. The maximum absolute atomic E-state index is 13.0. The van der Waals surface area contributed by atoms with Crippen LogP contribution in [-0.2, 0) is 0 Å². The lowest BCUT2D eigenvalue weighted by Gasteiger charge is -2.26. The number of hydrogen-bond donors (Lipinski definition) is 2. The highest BCUT2D eigenvalue weighted by molar-refractivity contribution is 5.98. The molecule has 1 fully saturated rings. The van der Waals surface area contributed by atoms with E-state index in [1.807, 2.05) is 0 Å². The van der Waals surface area contributed by atoms with Gasteiger partial charge in [-0.05, 0) is 37.1 Å². The Morgan fingerprint density at radius 3 is 2.71 bits per heavy atom. The van der Waals surface area contributed by atoms with Gasteiger partial charge in [-0.15, -0.1) is 0 Å². The highest BCUT2D eigenvalue weighted by Crippen LogP contribution is 2.34. The SMILES string of the molecule is N#CC1CCCC[C@@H]1n1cc(C(N)=O)c(Nc2ccc(F)cc2)n1. The molecule has 1 saturated carbocycles. The zero-order chi connectivity index (χ0) is 17.1. The van der Waals surface area contributed by atoms with Crippen LogP contribution in [0, 0.1) is 23.1 Å². The molecule has 24 heavy (non-hydrogen) atoms. The van der Waals surface area contributed by atoms with Crippen LogP contribution in [0.1, 0.15) is 42.1 Å². The van der Waals surface area contributed by atoms with Crippen molar-refractivity contribution in [3.8, 4) is 6.07 Å². The summed E-state index contributed by atoms with van der Waals surface area (Å²) in [6, 6.07) is 8.00. The Morgan fingerprint density at radius 2 is 2.04 bits per heavy atom. The van der Waals surface area contributed by atoms with Crippen molar-refractivity contribution >= 4 is 17.4 Å². The summed E-state index contributed by atoms with van der Waals surface area (Å²) in [7, 11) is 0. The van der Waals surface area contributed by atoms with E-state index in [2.05, 4.69) is 16.5 Å². The zero-order valence-electron chi connectivity index (χ0n) is 13.1. The number of rotatable bonds is 4. The molecule has 7 heteroatoms. The summed E-state index contributed by atoms with van der Waals surface area (Å²) in [5, 5.41) is 16.8. The van der Waals surface area contributed by atoms with Crippen LogP contribution in [0.2, 0.25) is 0 Å². The maximum atomic E-state index is 13.0. The third kappa shape index (κ3) is 3.23. The molecule has 2 aromatic rings. The van der Waals surface area contributed by atoms with Crippen LogP contribution in [0.25, 0.3) is 0 Å². The third-order valence-corrected chi connectivity index (χ3v) is 4.34. The van der Waals surface area contributed by atoms with Gasteiger partial charge in [0.1, 0.15) is 11.4 Å². The van der Waals surface area contributed by atoms with Gasteiger partial charge in [-0.1, -0.05) is 12.8 Å². The normalized spacial score (nSPS) is 20.3. The number of anilines is 2.